The first-order valence-corrected chi connectivity index (χ1v) is 5.68. The third-order valence-corrected chi connectivity index (χ3v) is 2.43. The number of anilines is 1. The van der Waals surface area contributed by atoms with E-state index in [4.69, 9.17) is 5.73 Å². The van der Waals surface area contributed by atoms with Crippen molar-refractivity contribution in [2.24, 2.45) is 0 Å². The summed E-state index contributed by atoms with van der Waals surface area (Å²) < 4.78 is 26.3. The van der Waals surface area contributed by atoms with Gasteiger partial charge in [-0.3, -0.25) is 0 Å². The summed E-state index contributed by atoms with van der Waals surface area (Å²) in [6, 6.07) is 4.85. The lowest BCUT2D eigenvalue weighted by Crippen LogP contribution is -2.00. The summed E-state index contributed by atoms with van der Waals surface area (Å²) in [6.07, 6.45) is 1.66. The van der Waals surface area contributed by atoms with Gasteiger partial charge in [0, 0.05) is 23.4 Å². The third-order valence-electron chi connectivity index (χ3n) is 2.43. The van der Waals surface area contributed by atoms with Crippen LogP contribution in [0.25, 0.3) is 11.4 Å². The van der Waals surface area contributed by atoms with E-state index in [0.717, 1.165) is 24.6 Å². The van der Waals surface area contributed by atoms with Crippen LogP contribution in [-0.4, -0.2) is 9.97 Å². The minimum absolute atomic E-state index is 0.247. The van der Waals surface area contributed by atoms with Crippen LogP contribution in [0.4, 0.5) is 14.6 Å². The Morgan fingerprint density at radius 1 is 1.06 bits per heavy atom. The van der Waals surface area contributed by atoms with E-state index in [1.807, 2.05) is 6.92 Å². The van der Waals surface area contributed by atoms with E-state index in [-0.39, 0.29) is 11.4 Å². The number of nitrogen functional groups attached to an aromatic ring is 1. The average Bonchev–Trinajstić information content (AvgIpc) is 2.27. The van der Waals surface area contributed by atoms with Gasteiger partial charge in [0.1, 0.15) is 17.5 Å². The summed E-state index contributed by atoms with van der Waals surface area (Å²) in [5.41, 5.74) is 6.72. The molecule has 94 valence electrons. The normalized spacial score (nSPS) is 10.6. The van der Waals surface area contributed by atoms with Crippen molar-refractivity contribution in [3.63, 3.8) is 0 Å². The maximum absolute atomic E-state index is 13.1. The van der Waals surface area contributed by atoms with Crippen LogP contribution in [-0.2, 0) is 6.42 Å². The molecular weight excluding hydrogens is 236 g/mol. The minimum Gasteiger partial charge on any atom is -0.384 e. The van der Waals surface area contributed by atoms with E-state index in [9.17, 15) is 8.78 Å². The lowest BCUT2D eigenvalue weighted by atomic mass is 10.2. The molecule has 3 nitrogen and oxygen atoms in total. The van der Waals surface area contributed by atoms with Crippen molar-refractivity contribution < 1.29 is 8.78 Å². The van der Waals surface area contributed by atoms with Gasteiger partial charge in [-0.15, -0.1) is 0 Å². The molecule has 0 spiro atoms. The average molecular weight is 249 g/mol. The van der Waals surface area contributed by atoms with Gasteiger partial charge in [-0.25, -0.2) is 18.7 Å². The predicted molar refractivity (Wildman–Crippen MR) is 65.8 cm³/mol. The van der Waals surface area contributed by atoms with Gasteiger partial charge in [-0.05, 0) is 18.6 Å². The number of hydrogen-bond donors (Lipinski definition) is 1. The summed E-state index contributed by atoms with van der Waals surface area (Å²) in [4.78, 5) is 8.25. The molecule has 18 heavy (non-hydrogen) atoms. The minimum atomic E-state index is -0.659. The summed E-state index contributed by atoms with van der Waals surface area (Å²) in [5, 5.41) is 0. The number of benzene rings is 1. The second-order valence-corrected chi connectivity index (χ2v) is 4.02. The number of rotatable bonds is 3. The zero-order valence-corrected chi connectivity index (χ0v) is 9.95. The van der Waals surface area contributed by atoms with E-state index >= 15 is 0 Å². The van der Waals surface area contributed by atoms with Crippen molar-refractivity contribution in [1.82, 2.24) is 9.97 Å². The Hall–Kier alpha value is -2.04. The highest BCUT2D eigenvalue weighted by Gasteiger charge is 2.08. The SMILES string of the molecule is CCCc1cc(N)nc(-c2cc(F)cc(F)c2)n1. The van der Waals surface area contributed by atoms with Crippen LogP contribution in [0.2, 0.25) is 0 Å². The summed E-state index contributed by atoms with van der Waals surface area (Å²) in [5.74, 6) is -0.772. The zero-order valence-electron chi connectivity index (χ0n) is 9.95. The summed E-state index contributed by atoms with van der Waals surface area (Å²) in [7, 11) is 0. The van der Waals surface area contributed by atoms with Gasteiger partial charge in [0.25, 0.3) is 0 Å². The Morgan fingerprint density at radius 2 is 1.72 bits per heavy atom. The maximum Gasteiger partial charge on any atom is 0.161 e. The Labute approximate surface area is 104 Å². The molecule has 0 fully saturated rings. The monoisotopic (exact) mass is 249 g/mol. The van der Waals surface area contributed by atoms with Crippen LogP contribution in [0, 0.1) is 11.6 Å². The van der Waals surface area contributed by atoms with E-state index < -0.39 is 11.6 Å². The van der Waals surface area contributed by atoms with Crippen molar-refractivity contribution in [2.45, 2.75) is 19.8 Å². The van der Waals surface area contributed by atoms with E-state index in [1.165, 1.54) is 12.1 Å². The number of nitrogens with zero attached hydrogens (tertiary/aromatic N) is 2. The number of aromatic nitrogens is 2. The van der Waals surface area contributed by atoms with Gasteiger partial charge in [-0.2, -0.15) is 0 Å². The van der Waals surface area contributed by atoms with Crippen molar-refractivity contribution in [2.75, 3.05) is 5.73 Å². The molecule has 0 aliphatic heterocycles. The van der Waals surface area contributed by atoms with Crippen molar-refractivity contribution in [3.05, 3.63) is 41.6 Å². The smallest absolute Gasteiger partial charge is 0.161 e. The molecule has 0 radical (unpaired) electrons. The van der Waals surface area contributed by atoms with Crippen LogP contribution in [0.3, 0.4) is 0 Å². The predicted octanol–water partition coefficient (Wildman–Crippen LogP) is 2.96. The molecule has 0 bridgehead atoms. The molecular formula is C13H13F2N3. The van der Waals surface area contributed by atoms with Crippen LogP contribution in [0.15, 0.2) is 24.3 Å². The Kier molecular flexibility index (Phi) is 3.50. The number of hydrogen-bond acceptors (Lipinski definition) is 3. The lowest BCUT2D eigenvalue weighted by molar-refractivity contribution is 0.584. The zero-order chi connectivity index (χ0) is 13.1. The quantitative estimate of drug-likeness (QED) is 0.909. The molecule has 2 N–H and O–H groups in total. The first-order chi connectivity index (χ1) is 8.58. The second kappa shape index (κ2) is 5.08. The van der Waals surface area contributed by atoms with Gasteiger partial charge in [0.2, 0.25) is 0 Å². The molecule has 0 amide bonds. The molecule has 5 heteroatoms. The van der Waals surface area contributed by atoms with Crippen LogP contribution in [0.1, 0.15) is 19.0 Å². The Bertz CT molecular complexity index is 550. The second-order valence-electron chi connectivity index (χ2n) is 4.02. The highest BCUT2D eigenvalue weighted by Crippen LogP contribution is 2.20. The fourth-order valence-corrected chi connectivity index (χ4v) is 1.71. The number of nitrogens with two attached hydrogens (primary N) is 1. The van der Waals surface area contributed by atoms with Crippen molar-refractivity contribution >= 4 is 5.82 Å². The van der Waals surface area contributed by atoms with E-state index in [2.05, 4.69) is 9.97 Å². The molecule has 1 aromatic carbocycles. The molecule has 0 aliphatic rings. The van der Waals surface area contributed by atoms with E-state index in [1.54, 1.807) is 6.07 Å². The van der Waals surface area contributed by atoms with Gasteiger partial charge in [-0.1, -0.05) is 13.3 Å². The fraction of sp³-hybridized carbons (Fsp3) is 0.231. The van der Waals surface area contributed by atoms with Gasteiger partial charge < -0.3 is 5.73 Å². The van der Waals surface area contributed by atoms with Crippen LogP contribution >= 0.6 is 0 Å². The molecule has 0 saturated heterocycles. The highest BCUT2D eigenvalue weighted by atomic mass is 19.1. The first-order valence-electron chi connectivity index (χ1n) is 5.68. The molecule has 1 aromatic heterocycles. The van der Waals surface area contributed by atoms with Crippen LogP contribution < -0.4 is 5.73 Å². The van der Waals surface area contributed by atoms with Gasteiger partial charge in [0.05, 0.1) is 0 Å². The number of aryl methyl sites for hydroxylation is 1. The molecule has 2 rings (SSSR count). The lowest BCUT2D eigenvalue weighted by Gasteiger charge is -2.05. The van der Waals surface area contributed by atoms with Gasteiger partial charge in [0.15, 0.2) is 5.82 Å². The van der Waals surface area contributed by atoms with Crippen molar-refractivity contribution in [1.29, 1.82) is 0 Å². The fourth-order valence-electron chi connectivity index (χ4n) is 1.71. The van der Waals surface area contributed by atoms with Crippen LogP contribution in [0.5, 0.6) is 0 Å². The highest BCUT2D eigenvalue weighted by molar-refractivity contribution is 5.57. The van der Waals surface area contributed by atoms with Crippen molar-refractivity contribution in [3.8, 4) is 11.4 Å². The Balaban J connectivity index is 2.49. The molecule has 0 saturated carbocycles. The molecule has 2 aromatic rings. The largest absolute Gasteiger partial charge is 0.384 e. The van der Waals surface area contributed by atoms with E-state index in [0.29, 0.717) is 5.82 Å². The first kappa shape index (κ1) is 12.4. The maximum atomic E-state index is 13.1. The molecule has 0 aliphatic carbocycles. The molecule has 0 atom stereocenters. The molecule has 1 heterocycles. The number of halogens is 2. The molecule has 0 unspecified atom stereocenters. The Morgan fingerprint density at radius 3 is 2.33 bits per heavy atom. The summed E-state index contributed by atoms with van der Waals surface area (Å²) in [6.45, 7) is 2.01. The standard InChI is InChI=1S/C13H13F2N3/c1-2-3-11-7-12(16)18-13(17-11)8-4-9(14)6-10(15)5-8/h4-7H,2-3H2,1H3,(H2,16,17,18). The van der Waals surface area contributed by atoms with Gasteiger partial charge >= 0.3 is 0 Å². The summed E-state index contributed by atoms with van der Waals surface area (Å²) >= 11 is 0. The topological polar surface area (TPSA) is 51.8 Å². The third kappa shape index (κ3) is 2.80.